The molecule has 1 unspecified atom stereocenters. The van der Waals surface area contributed by atoms with Crippen molar-refractivity contribution in [2.24, 2.45) is 0 Å². The second kappa shape index (κ2) is 7.60. The summed E-state index contributed by atoms with van der Waals surface area (Å²) >= 11 is 0. The lowest BCUT2D eigenvalue weighted by Gasteiger charge is -2.14. The molecule has 1 aliphatic heterocycles. The van der Waals surface area contributed by atoms with Crippen molar-refractivity contribution >= 4 is 11.6 Å². The number of benzene rings is 2. The van der Waals surface area contributed by atoms with Crippen LogP contribution < -0.4 is 14.8 Å². The molecular weight excluding hydrogens is 314 g/mol. The number of carbonyl (C=O) groups is 1. The zero-order valence-electron chi connectivity index (χ0n) is 15.1. The van der Waals surface area contributed by atoms with Gasteiger partial charge in [0.25, 0.3) is 5.91 Å². The monoisotopic (exact) mass is 339 g/mol. The van der Waals surface area contributed by atoms with E-state index in [1.807, 2.05) is 50.2 Å². The molecule has 0 aromatic heterocycles. The Hall–Kier alpha value is -2.49. The fourth-order valence-corrected chi connectivity index (χ4v) is 3.12. The van der Waals surface area contributed by atoms with Gasteiger partial charge in [0, 0.05) is 23.6 Å². The first-order valence-electron chi connectivity index (χ1n) is 8.97. The van der Waals surface area contributed by atoms with E-state index in [9.17, 15) is 4.79 Å². The summed E-state index contributed by atoms with van der Waals surface area (Å²) in [5.74, 6) is 1.37. The molecule has 2 aromatic rings. The third kappa shape index (κ3) is 3.95. The van der Waals surface area contributed by atoms with Crippen LogP contribution in [0.5, 0.6) is 11.5 Å². The number of anilines is 1. The van der Waals surface area contributed by atoms with E-state index in [2.05, 4.69) is 12.2 Å². The lowest BCUT2D eigenvalue weighted by molar-refractivity contribution is 0.102. The first kappa shape index (κ1) is 17.3. The first-order chi connectivity index (χ1) is 12.1. The molecule has 1 N–H and O–H groups in total. The molecule has 132 valence electrons. The molecule has 25 heavy (non-hydrogen) atoms. The molecule has 2 aromatic carbocycles. The quantitative estimate of drug-likeness (QED) is 0.836. The molecule has 0 saturated carbocycles. The number of nitrogens with one attached hydrogen (secondary N) is 1. The zero-order valence-corrected chi connectivity index (χ0v) is 15.1. The maximum atomic E-state index is 12.6. The summed E-state index contributed by atoms with van der Waals surface area (Å²) in [6.07, 6.45) is 3.14. The summed E-state index contributed by atoms with van der Waals surface area (Å²) in [4.78, 5) is 12.6. The van der Waals surface area contributed by atoms with Crippen molar-refractivity contribution in [1.29, 1.82) is 0 Å². The van der Waals surface area contributed by atoms with Crippen LogP contribution in [-0.4, -0.2) is 18.6 Å². The van der Waals surface area contributed by atoms with Crippen LogP contribution in [-0.2, 0) is 12.8 Å². The molecular formula is C21H25NO3. The lowest BCUT2D eigenvalue weighted by atomic mass is 10.1. The average Bonchev–Trinajstić information content (AvgIpc) is 2.95. The average molecular weight is 339 g/mol. The van der Waals surface area contributed by atoms with Gasteiger partial charge in [0.1, 0.15) is 17.6 Å². The Morgan fingerprint density at radius 3 is 2.68 bits per heavy atom. The van der Waals surface area contributed by atoms with Gasteiger partial charge in [0.05, 0.1) is 12.3 Å². The van der Waals surface area contributed by atoms with Crippen molar-refractivity contribution in [1.82, 2.24) is 0 Å². The van der Waals surface area contributed by atoms with Crippen molar-refractivity contribution in [3.63, 3.8) is 0 Å². The largest absolute Gasteiger partial charge is 0.492 e. The maximum absolute atomic E-state index is 12.6. The molecule has 0 fully saturated rings. The molecule has 3 rings (SSSR count). The van der Waals surface area contributed by atoms with Crippen LogP contribution in [0.4, 0.5) is 5.69 Å². The summed E-state index contributed by atoms with van der Waals surface area (Å²) in [6.45, 7) is 6.66. The molecule has 0 spiro atoms. The third-order valence-electron chi connectivity index (χ3n) is 4.30. The van der Waals surface area contributed by atoms with Gasteiger partial charge in [-0.2, -0.15) is 0 Å². The molecule has 4 nitrogen and oxygen atoms in total. The Morgan fingerprint density at radius 1 is 1.24 bits per heavy atom. The molecule has 0 aliphatic carbocycles. The van der Waals surface area contributed by atoms with E-state index in [0.29, 0.717) is 23.6 Å². The summed E-state index contributed by atoms with van der Waals surface area (Å²) in [6, 6.07) is 11.6. The topological polar surface area (TPSA) is 47.6 Å². The van der Waals surface area contributed by atoms with Gasteiger partial charge in [0.15, 0.2) is 0 Å². The number of rotatable bonds is 6. The Bertz CT molecular complexity index is 752. The summed E-state index contributed by atoms with van der Waals surface area (Å²) in [5, 5.41) is 2.96. The third-order valence-corrected chi connectivity index (χ3v) is 4.30. The maximum Gasteiger partial charge on any atom is 0.255 e. The number of hydrogen-bond donors (Lipinski definition) is 1. The van der Waals surface area contributed by atoms with Crippen LogP contribution in [0, 0.1) is 0 Å². The van der Waals surface area contributed by atoms with E-state index in [0.717, 1.165) is 30.6 Å². The van der Waals surface area contributed by atoms with Crippen molar-refractivity contribution in [3.8, 4) is 11.5 Å². The summed E-state index contributed by atoms with van der Waals surface area (Å²) < 4.78 is 11.5. The van der Waals surface area contributed by atoms with Crippen LogP contribution in [0.2, 0.25) is 0 Å². The Balaban J connectivity index is 1.81. The van der Waals surface area contributed by atoms with Gasteiger partial charge < -0.3 is 14.8 Å². The standard InChI is InChI=1S/C21H25NO3/c1-4-6-15-7-9-16(10-8-15)21(23)22-18-13-19-17(11-14(3)25-19)12-20(18)24-5-2/h7-10,12-14H,4-6,11H2,1-3H3,(H,22,23). The minimum Gasteiger partial charge on any atom is -0.492 e. The molecule has 1 aliphatic rings. The number of aryl methyl sites for hydroxylation is 1. The fraction of sp³-hybridized carbons (Fsp3) is 0.381. The van der Waals surface area contributed by atoms with Gasteiger partial charge in [-0.1, -0.05) is 25.5 Å². The van der Waals surface area contributed by atoms with E-state index in [1.54, 1.807) is 0 Å². The smallest absolute Gasteiger partial charge is 0.255 e. The molecule has 1 heterocycles. The van der Waals surface area contributed by atoms with Gasteiger partial charge in [-0.25, -0.2) is 0 Å². The minimum atomic E-state index is -0.144. The molecule has 0 saturated heterocycles. The van der Waals surface area contributed by atoms with Gasteiger partial charge in [-0.05, 0) is 44.0 Å². The molecule has 4 heteroatoms. The van der Waals surface area contributed by atoms with Crippen LogP contribution in [0.25, 0.3) is 0 Å². The Morgan fingerprint density at radius 2 is 2.00 bits per heavy atom. The van der Waals surface area contributed by atoms with E-state index in [1.165, 1.54) is 5.56 Å². The highest BCUT2D eigenvalue weighted by atomic mass is 16.5. The predicted octanol–water partition coefficient (Wildman–Crippen LogP) is 4.61. The van der Waals surface area contributed by atoms with Crippen molar-refractivity contribution in [3.05, 3.63) is 53.1 Å². The van der Waals surface area contributed by atoms with Crippen molar-refractivity contribution in [2.75, 3.05) is 11.9 Å². The molecule has 1 amide bonds. The van der Waals surface area contributed by atoms with Gasteiger partial charge in [0.2, 0.25) is 0 Å². The van der Waals surface area contributed by atoms with Crippen molar-refractivity contribution in [2.45, 2.75) is 46.1 Å². The molecule has 0 bridgehead atoms. The summed E-state index contributed by atoms with van der Waals surface area (Å²) in [5.41, 5.74) is 3.65. The Kier molecular flexibility index (Phi) is 5.27. The highest BCUT2D eigenvalue weighted by Crippen LogP contribution is 2.38. The zero-order chi connectivity index (χ0) is 17.8. The van der Waals surface area contributed by atoms with Crippen LogP contribution in [0.3, 0.4) is 0 Å². The second-order valence-corrected chi connectivity index (χ2v) is 6.42. The van der Waals surface area contributed by atoms with E-state index < -0.39 is 0 Å². The predicted molar refractivity (Wildman–Crippen MR) is 99.8 cm³/mol. The number of amides is 1. The summed E-state index contributed by atoms with van der Waals surface area (Å²) in [7, 11) is 0. The normalized spacial score (nSPS) is 15.4. The fourth-order valence-electron chi connectivity index (χ4n) is 3.12. The van der Waals surface area contributed by atoms with Crippen LogP contribution in [0.1, 0.15) is 48.7 Å². The highest BCUT2D eigenvalue weighted by molar-refractivity contribution is 6.05. The second-order valence-electron chi connectivity index (χ2n) is 6.42. The van der Waals surface area contributed by atoms with Crippen LogP contribution in [0.15, 0.2) is 36.4 Å². The van der Waals surface area contributed by atoms with Gasteiger partial charge in [-0.15, -0.1) is 0 Å². The SMILES string of the molecule is CCCc1ccc(C(=O)Nc2cc3c(cc2OCC)CC(C)O3)cc1. The number of hydrogen-bond acceptors (Lipinski definition) is 3. The van der Waals surface area contributed by atoms with Gasteiger partial charge >= 0.3 is 0 Å². The van der Waals surface area contributed by atoms with E-state index in [-0.39, 0.29) is 12.0 Å². The number of fused-ring (bicyclic) bond motifs is 1. The van der Waals surface area contributed by atoms with E-state index >= 15 is 0 Å². The number of carbonyl (C=O) groups excluding carboxylic acids is 1. The minimum absolute atomic E-state index is 0.144. The lowest BCUT2D eigenvalue weighted by Crippen LogP contribution is -2.13. The molecule has 0 radical (unpaired) electrons. The number of ether oxygens (including phenoxy) is 2. The molecule has 1 atom stereocenters. The highest BCUT2D eigenvalue weighted by Gasteiger charge is 2.22. The Labute approximate surface area is 149 Å². The van der Waals surface area contributed by atoms with Crippen molar-refractivity contribution < 1.29 is 14.3 Å². The van der Waals surface area contributed by atoms with E-state index in [4.69, 9.17) is 9.47 Å². The van der Waals surface area contributed by atoms with Gasteiger partial charge in [-0.3, -0.25) is 4.79 Å². The van der Waals surface area contributed by atoms with Crippen LogP contribution >= 0.6 is 0 Å². The first-order valence-corrected chi connectivity index (χ1v) is 8.97.